The molecule has 2 aromatic carbocycles. The van der Waals surface area contributed by atoms with E-state index >= 15 is 0 Å². The van der Waals surface area contributed by atoms with Crippen molar-refractivity contribution in [2.45, 2.75) is 25.9 Å². The Labute approximate surface area is 216 Å². The van der Waals surface area contributed by atoms with Gasteiger partial charge in [0.25, 0.3) is 0 Å². The molecule has 7 nitrogen and oxygen atoms in total. The lowest BCUT2D eigenvalue weighted by atomic mass is 10.1. The predicted molar refractivity (Wildman–Crippen MR) is 146 cm³/mol. The van der Waals surface area contributed by atoms with Crippen LogP contribution in [0.25, 0.3) is 21.0 Å². The molecule has 0 saturated carbocycles. The van der Waals surface area contributed by atoms with Crippen LogP contribution in [0.2, 0.25) is 0 Å². The number of hydrogen-bond donors (Lipinski definition) is 0. The number of nitrogens with zero attached hydrogens (tertiary/aromatic N) is 5. The second kappa shape index (κ2) is 10.6. The maximum Gasteiger partial charge on any atom is 0.222 e. The van der Waals surface area contributed by atoms with Crippen molar-refractivity contribution in [3.8, 4) is 0 Å². The largest absolute Gasteiger partial charge is 0.378 e. The summed E-state index contributed by atoms with van der Waals surface area (Å²) in [6.45, 7) is 7.67. The molecule has 0 aliphatic carbocycles. The molecule has 0 N–H and O–H groups in total. The number of aryl methyl sites for hydroxylation is 1. The van der Waals surface area contributed by atoms with E-state index in [0.717, 1.165) is 64.6 Å². The molecular weight excluding hydrogens is 470 g/mol. The number of benzene rings is 2. The normalized spacial score (nSPS) is 17.3. The maximum absolute atomic E-state index is 12.6. The topological polar surface area (TPSA) is 53.8 Å². The minimum absolute atomic E-state index is 0.257. The smallest absolute Gasteiger partial charge is 0.222 e. The number of para-hydroxylation sites is 1. The fourth-order valence-electron chi connectivity index (χ4n) is 5.46. The molecule has 0 unspecified atom stereocenters. The van der Waals surface area contributed by atoms with Crippen molar-refractivity contribution in [3.63, 3.8) is 0 Å². The number of hydrogen-bond acceptors (Lipinski definition) is 6. The van der Waals surface area contributed by atoms with E-state index in [1.54, 1.807) is 11.5 Å². The molecule has 6 rings (SSSR count). The standard InChI is InChI=1S/C28H33N5O2S/c34-27(31-16-18-35-19-17-31)11-5-6-22-20-33(25-9-3-1-7-23(22)25)21-30-12-14-32(15-13-30)28-24-8-2-4-10-26(24)36-29-28/h1-4,7-10,20H,5-6,11-19,21H2. The summed E-state index contributed by atoms with van der Waals surface area (Å²) in [6, 6.07) is 17.2. The molecule has 2 aliphatic rings. The Morgan fingerprint density at radius 2 is 1.67 bits per heavy atom. The van der Waals surface area contributed by atoms with E-state index in [0.29, 0.717) is 19.6 Å². The third-order valence-electron chi connectivity index (χ3n) is 7.45. The molecule has 2 aliphatic heterocycles. The van der Waals surface area contributed by atoms with Crippen LogP contribution in [0.3, 0.4) is 0 Å². The van der Waals surface area contributed by atoms with Gasteiger partial charge >= 0.3 is 0 Å². The van der Waals surface area contributed by atoms with Gasteiger partial charge in [0.2, 0.25) is 5.91 Å². The molecule has 36 heavy (non-hydrogen) atoms. The monoisotopic (exact) mass is 503 g/mol. The van der Waals surface area contributed by atoms with Gasteiger partial charge in [0, 0.05) is 68.2 Å². The number of fused-ring (bicyclic) bond motifs is 2. The molecule has 8 heteroatoms. The average molecular weight is 504 g/mol. The minimum atomic E-state index is 0.257. The van der Waals surface area contributed by atoms with Crippen molar-refractivity contribution < 1.29 is 9.53 Å². The number of ether oxygens (including phenoxy) is 1. The fraction of sp³-hybridized carbons (Fsp3) is 0.429. The van der Waals surface area contributed by atoms with Gasteiger partial charge in [0.1, 0.15) is 5.82 Å². The summed E-state index contributed by atoms with van der Waals surface area (Å²) in [7, 11) is 0. The molecule has 188 valence electrons. The van der Waals surface area contributed by atoms with Crippen molar-refractivity contribution in [1.82, 2.24) is 18.7 Å². The highest BCUT2D eigenvalue weighted by Crippen LogP contribution is 2.30. The fourth-order valence-corrected chi connectivity index (χ4v) is 6.25. The molecule has 4 heterocycles. The highest BCUT2D eigenvalue weighted by atomic mass is 32.1. The molecule has 2 saturated heterocycles. The van der Waals surface area contributed by atoms with Gasteiger partial charge in [-0.3, -0.25) is 9.69 Å². The lowest BCUT2D eigenvalue weighted by molar-refractivity contribution is -0.135. The summed E-state index contributed by atoms with van der Waals surface area (Å²) in [5.41, 5.74) is 2.62. The number of rotatable bonds is 7. The van der Waals surface area contributed by atoms with Crippen LogP contribution in [-0.2, 0) is 22.6 Å². The number of anilines is 1. The van der Waals surface area contributed by atoms with Crippen LogP contribution in [0.4, 0.5) is 5.82 Å². The number of carbonyl (C=O) groups excluding carboxylic acids is 1. The molecule has 0 atom stereocenters. The van der Waals surface area contributed by atoms with Gasteiger partial charge < -0.3 is 19.1 Å². The molecule has 2 aromatic heterocycles. The van der Waals surface area contributed by atoms with Gasteiger partial charge in [-0.05, 0) is 48.1 Å². The van der Waals surface area contributed by atoms with Crippen molar-refractivity contribution in [2.75, 3.05) is 57.4 Å². The summed E-state index contributed by atoms with van der Waals surface area (Å²) >= 11 is 1.59. The van der Waals surface area contributed by atoms with Crippen LogP contribution in [0.5, 0.6) is 0 Å². The van der Waals surface area contributed by atoms with Gasteiger partial charge in [0.05, 0.1) is 24.6 Å². The first-order valence-corrected chi connectivity index (χ1v) is 13.8. The van der Waals surface area contributed by atoms with Gasteiger partial charge in [0.15, 0.2) is 0 Å². The zero-order valence-electron chi connectivity index (χ0n) is 20.6. The summed E-state index contributed by atoms with van der Waals surface area (Å²) < 4.78 is 13.8. The van der Waals surface area contributed by atoms with E-state index in [2.05, 4.69) is 69.1 Å². The van der Waals surface area contributed by atoms with Crippen LogP contribution in [0.1, 0.15) is 18.4 Å². The van der Waals surface area contributed by atoms with Crippen molar-refractivity contribution in [1.29, 1.82) is 0 Å². The second-order valence-corrected chi connectivity index (χ2v) is 10.5. The number of morpholine rings is 1. The average Bonchev–Trinajstić information content (AvgIpc) is 3.52. The lowest BCUT2D eigenvalue weighted by Gasteiger charge is -2.35. The first-order chi connectivity index (χ1) is 17.8. The molecule has 4 aromatic rings. The Morgan fingerprint density at radius 1 is 0.917 bits per heavy atom. The number of piperazine rings is 1. The predicted octanol–water partition coefficient (Wildman–Crippen LogP) is 4.21. The Bertz CT molecular complexity index is 1330. The van der Waals surface area contributed by atoms with Crippen LogP contribution in [0.15, 0.2) is 54.7 Å². The van der Waals surface area contributed by atoms with Crippen LogP contribution in [0, 0.1) is 0 Å². The molecule has 0 spiro atoms. The third-order valence-corrected chi connectivity index (χ3v) is 8.27. The Balaban J connectivity index is 1.08. The van der Waals surface area contributed by atoms with Crippen molar-refractivity contribution in [3.05, 3.63) is 60.3 Å². The maximum atomic E-state index is 12.6. The first kappa shape index (κ1) is 23.5. The van der Waals surface area contributed by atoms with Crippen LogP contribution >= 0.6 is 11.5 Å². The van der Waals surface area contributed by atoms with Crippen molar-refractivity contribution in [2.24, 2.45) is 0 Å². The molecule has 2 fully saturated rings. The SMILES string of the molecule is O=C(CCCc1cn(CN2CCN(c3nsc4ccccc34)CC2)c2ccccc12)N1CCOCC1. The van der Waals surface area contributed by atoms with Gasteiger partial charge in [-0.1, -0.05) is 30.3 Å². The van der Waals surface area contributed by atoms with Crippen LogP contribution in [-0.4, -0.2) is 77.1 Å². The Morgan fingerprint density at radius 3 is 2.50 bits per heavy atom. The number of aromatic nitrogens is 2. The quantitative estimate of drug-likeness (QED) is 0.378. The Hall–Kier alpha value is -2.94. The lowest BCUT2D eigenvalue weighted by Crippen LogP contribution is -2.46. The highest BCUT2D eigenvalue weighted by Gasteiger charge is 2.22. The number of carbonyl (C=O) groups is 1. The van der Waals surface area contributed by atoms with Crippen molar-refractivity contribution >= 4 is 44.2 Å². The van der Waals surface area contributed by atoms with Crippen LogP contribution < -0.4 is 4.90 Å². The van der Waals surface area contributed by atoms with E-state index in [-0.39, 0.29) is 5.91 Å². The van der Waals surface area contributed by atoms with E-state index in [1.807, 2.05) is 4.90 Å². The molecule has 0 radical (unpaired) electrons. The third kappa shape index (κ3) is 4.85. The second-order valence-electron chi connectivity index (χ2n) is 9.74. The molecular formula is C28H33N5O2S. The minimum Gasteiger partial charge on any atom is -0.378 e. The van der Waals surface area contributed by atoms with E-state index in [9.17, 15) is 4.79 Å². The zero-order chi connectivity index (χ0) is 24.3. The number of amides is 1. The molecule has 1 amide bonds. The van der Waals surface area contributed by atoms with Gasteiger partial charge in [-0.25, -0.2) is 0 Å². The summed E-state index contributed by atoms with van der Waals surface area (Å²) in [6.07, 6.45) is 4.72. The summed E-state index contributed by atoms with van der Waals surface area (Å²) in [4.78, 5) is 19.5. The summed E-state index contributed by atoms with van der Waals surface area (Å²) in [5, 5.41) is 2.58. The van der Waals surface area contributed by atoms with E-state index in [4.69, 9.17) is 9.11 Å². The van der Waals surface area contributed by atoms with E-state index < -0.39 is 0 Å². The first-order valence-electron chi connectivity index (χ1n) is 13.0. The zero-order valence-corrected chi connectivity index (χ0v) is 21.5. The van der Waals surface area contributed by atoms with Gasteiger partial charge in [-0.15, -0.1) is 0 Å². The summed E-state index contributed by atoms with van der Waals surface area (Å²) in [5.74, 6) is 1.39. The highest BCUT2D eigenvalue weighted by molar-refractivity contribution is 7.13. The Kier molecular flexibility index (Phi) is 6.90. The van der Waals surface area contributed by atoms with Gasteiger partial charge in [-0.2, -0.15) is 4.37 Å². The molecule has 0 bridgehead atoms. The van der Waals surface area contributed by atoms with E-state index in [1.165, 1.54) is 26.6 Å².